The van der Waals surface area contributed by atoms with Crippen LogP contribution < -0.4 is 0 Å². The van der Waals surface area contributed by atoms with Crippen molar-refractivity contribution in [3.05, 3.63) is 60.8 Å². The average Bonchev–Trinajstić information content (AvgIpc) is 3.03. The van der Waals surface area contributed by atoms with Gasteiger partial charge in [-0.15, -0.1) is 5.10 Å². The fraction of sp³-hybridized carbons (Fsp3) is 0.111. The van der Waals surface area contributed by atoms with Gasteiger partial charge in [0, 0.05) is 5.56 Å². The van der Waals surface area contributed by atoms with E-state index in [4.69, 9.17) is 0 Å². The second-order valence-electron chi connectivity index (χ2n) is 5.25. The molecule has 0 aliphatic rings. The zero-order valence-electron chi connectivity index (χ0n) is 11.9. The number of aryl methyl sites for hydroxylation is 1. The number of benzene rings is 3. The molecule has 1 heterocycles. The zero-order valence-corrected chi connectivity index (χ0v) is 11.9. The Morgan fingerprint density at radius 2 is 1.64 bits per heavy atom. The number of alkyl halides is 1. The first-order valence-electron chi connectivity index (χ1n) is 7.24. The van der Waals surface area contributed by atoms with E-state index in [0.717, 1.165) is 22.0 Å². The van der Waals surface area contributed by atoms with Crippen molar-refractivity contribution < 1.29 is 4.39 Å². The Balaban J connectivity index is 2.02. The fourth-order valence-corrected chi connectivity index (χ4v) is 2.88. The summed E-state index contributed by atoms with van der Waals surface area (Å²) in [5.41, 5.74) is 1.80. The Hall–Kier alpha value is -2.75. The third-order valence-electron chi connectivity index (χ3n) is 3.90. The molecule has 0 fully saturated rings. The smallest absolute Gasteiger partial charge is 0.113 e. The van der Waals surface area contributed by atoms with Gasteiger partial charge >= 0.3 is 0 Å². The minimum atomic E-state index is -0.443. The third kappa shape index (κ3) is 2.04. The van der Waals surface area contributed by atoms with Gasteiger partial charge in [-0.3, -0.25) is 0 Å². The van der Waals surface area contributed by atoms with Gasteiger partial charge in [-0.1, -0.05) is 53.7 Å². The first-order valence-corrected chi connectivity index (χ1v) is 7.24. The van der Waals surface area contributed by atoms with Gasteiger partial charge < -0.3 is 0 Å². The molecule has 108 valence electrons. The van der Waals surface area contributed by atoms with Gasteiger partial charge in [-0.05, 0) is 27.6 Å². The lowest BCUT2D eigenvalue weighted by Gasteiger charge is -2.08. The van der Waals surface area contributed by atoms with E-state index >= 15 is 0 Å². The van der Waals surface area contributed by atoms with E-state index in [1.165, 1.54) is 10.8 Å². The molecule has 22 heavy (non-hydrogen) atoms. The number of fused-ring (bicyclic) bond motifs is 3. The minimum Gasteiger partial charge on any atom is -0.249 e. The summed E-state index contributed by atoms with van der Waals surface area (Å²) in [6.07, 6.45) is 1.80. The Morgan fingerprint density at radius 3 is 2.45 bits per heavy atom. The molecule has 0 N–H and O–H groups in total. The van der Waals surface area contributed by atoms with Gasteiger partial charge in [-0.25, -0.2) is 9.07 Å². The average molecular weight is 290 g/mol. The van der Waals surface area contributed by atoms with Gasteiger partial charge in [-0.2, -0.15) is 0 Å². The van der Waals surface area contributed by atoms with Crippen molar-refractivity contribution in [2.24, 2.45) is 0 Å². The predicted octanol–water partition coefficient (Wildman–Crippen LogP) is 4.22. The summed E-state index contributed by atoms with van der Waals surface area (Å²) in [4.78, 5) is 0. The molecule has 4 rings (SSSR count). The quantitative estimate of drug-likeness (QED) is 0.529. The van der Waals surface area contributed by atoms with Crippen LogP contribution >= 0.6 is 0 Å². The Labute approximate surface area is 127 Å². The second-order valence-corrected chi connectivity index (χ2v) is 5.25. The Morgan fingerprint density at radius 1 is 0.909 bits per heavy atom. The lowest BCUT2D eigenvalue weighted by Crippen LogP contribution is -1.99. The van der Waals surface area contributed by atoms with Gasteiger partial charge in [0.2, 0.25) is 0 Å². The molecule has 3 aromatic carbocycles. The molecule has 0 bridgehead atoms. The van der Waals surface area contributed by atoms with Crippen molar-refractivity contribution in [2.45, 2.75) is 6.54 Å². The van der Waals surface area contributed by atoms with Crippen LogP contribution in [0.15, 0.2) is 60.8 Å². The molecular weight excluding hydrogens is 276 g/mol. The maximum absolute atomic E-state index is 12.5. The highest BCUT2D eigenvalue weighted by Gasteiger charge is 2.11. The summed E-state index contributed by atoms with van der Waals surface area (Å²) < 4.78 is 14.0. The Bertz CT molecular complexity index is 959. The van der Waals surface area contributed by atoms with Gasteiger partial charge in [0.05, 0.1) is 12.7 Å². The van der Waals surface area contributed by atoms with Crippen molar-refractivity contribution in [1.82, 2.24) is 15.0 Å². The highest BCUT2D eigenvalue weighted by Crippen LogP contribution is 2.33. The summed E-state index contributed by atoms with van der Waals surface area (Å²) in [7, 11) is 0. The van der Waals surface area contributed by atoms with E-state index < -0.39 is 6.67 Å². The molecule has 0 spiro atoms. The van der Waals surface area contributed by atoms with Gasteiger partial charge in [0.15, 0.2) is 0 Å². The standard InChI is InChI=1S/C18H14FN3/c19-9-10-22-12-18(20-21-22)17-11-13-5-1-2-6-14(13)15-7-3-4-8-16(15)17/h1-8,11-12H,9-10H2/i19-1. The van der Waals surface area contributed by atoms with Crippen LogP contribution in [0.25, 0.3) is 32.8 Å². The summed E-state index contributed by atoms with van der Waals surface area (Å²) in [6, 6.07) is 18.7. The van der Waals surface area contributed by atoms with E-state index in [0.29, 0.717) is 0 Å². The van der Waals surface area contributed by atoms with E-state index in [1.807, 2.05) is 24.3 Å². The minimum absolute atomic E-state index is 0.235. The van der Waals surface area contributed by atoms with E-state index in [1.54, 1.807) is 10.9 Å². The van der Waals surface area contributed by atoms with E-state index in [2.05, 4.69) is 40.6 Å². The van der Waals surface area contributed by atoms with Crippen LogP contribution in [0.5, 0.6) is 0 Å². The Kier molecular flexibility index (Phi) is 3.07. The van der Waals surface area contributed by atoms with Crippen molar-refractivity contribution >= 4 is 21.5 Å². The maximum Gasteiger partial charge on any atom is 0.113 e. The first kappa shape index (κ1) is 13.0. The molecule has 0 unspecified atom stereocenters. The van der Waals surface area contributed by atoms with Crippen molar-refractivity contribution in [1.29, 1.82) is 0 Å². The van der Waals surface area contributed by atoms with Crippen LogP contribution in [-0.2, 0) is 6.54 Å². The summed E-state index contributed by atoms with van der Waals surface area (Å²) in [5, 5.41) is 12.9. The molecular formula is C18H14FN3. The predicted molar refractivity (Wildman–Crippen MR) is 86.4 cm³/mol. The largest absolute Gasteiger partial charge is 0.249 e. The van der Waals surface area contributed by atoms with Gasteiger partial charge in [0.25, 0.3) is 0 Å². The van der Waals surface area contributed by atoms with Crippen molar-refractivity contribution in [3.63, 3.8) is 0 Å². The molecule has 4 heteroatoms. The van der Waals surface area contributed by atoms with Crippen LogP contribution in [0.1, 0.15) is 0 Å². The van der Waals surface area contributed by atoms with Crippen LogP contribution in [0.2, 0.25) is 0 Å². The SMILES string of the molecule is [18F]CCn1cc(-c2cc3ccccc3c3ccccc23)nn1. The molecule has 0 saturated heterocycles. The molecule has 0 amide bonds. The number of nitrogens with zero attached hydrogens (tertiary/aromatic N) is 3. The van der Waals surface area contributed by atoms with Crippen LogP contribution in [0.4, 0.5) is 4.39 Å². The molecule has 0 radical (unpaired) electrons. The summed E-state index contributed by atoms with van der Waals surface area (Å²) >= 11 is 0. The topological polar surface area (TPSA) is 30.7 Å². The first-order chi connectivity index (χ1) is 10.9. The van der Waals surface area contributed by atoms with Gasteiger partial charge in [0.1, 0.15) is 12.4 Å². The molecule has 1 aromatic heterocycles. The number of aromatic nitrogens is 3. The number of hydrogen-bond acceptors (Lipinski definition) is 2. The highest BCUT2D eigenvalue weighted by molar-refractivity contribution is 6.13. The normalized spacial score (nSPS) is 11.3. The molecule has 3 nitrogen and oxygen atoms in total. The summed E-state index contributed by atoms with van der Waals surface area (Å²) in [6.45, 7) is -0.209. The van der Waals surface area contributed by atoms with Crippen molar-refractivity contribution in [3.8, 4) is 11.3 Å². The summed E-state index contributed by atoms with van der Waals surface area (Å²) in [5.74, 6) is 0. The molecule has 4 aromatic rings. The lowest BCUT2D eigenvalue weighted by atomic mass is 9.96. The molecule has 0 saturated carbocycles. The second kappa shape index (κ2) is 5.22. The monoisotopic (exact) mass is 290 g/mol. The molecule has 0 aliphatic carbocycles. The number of halogens is 1. The van der Waals surface area contributed by atoms with Crippen LogP contribution in [-0.4, -0.2) is 21.7 Å². The molecule has 0 aliphatic heterocycles. The van der Waals surface area contributed by atoms with Crippen molar-refractivity contribution in [2.75, 3.05) is 6.67 Å². The van der Waals surface area contributed by atoms with E-state index in [-0.39, 0.29) is 6.54 Å². The van der Waals surface area contributed by atoms with Crippen LogP contribution in [0, 0.1) is 0 Å². The lowest BCUT2D eigenvalue weighted by molar-refractivity contribution is 0.422. The number of hydrogen-bond donors (Lipinski definition) is 0. The highest BCUT2D eigenvalue weighted by atomic mass is 18.2. The van der Waals surface area contributed by atoms with Crippen LogP contribution in [0.3, 0.4) is 0 Å². The number of rotatable bonds is 3. The fourth-order valence-electron chi connectivity index (χ4n) is 2.88. The maximum atomic E-state index is 12.5. The zero-order chi connectivity index (χ0) is 14.9. The third-order valence-corrected chi connectivity index (χ3v) is 3.90. The molecule has 0 atom stereocenters. The van der Waals surface area contributed by atoms with E-state index in [9.17, 15) is 4.39 Å².